The van der Waals surface area contributed by atoms with E-state index in [1.165, 1.54) is 57.8 Å². The quantitative estimate of drug-likeness (QED) is 0.312. The van der Waals surface area contributed by atoms with Crippen molar-refractivity contribution in [3.8, 4) is 29.4 Å². The first-order valence-corrected chi connectivity index (χ1v) is 11.7. The Morgan fingerprint density at radius 2 is 1.59 bits per heavy atom. The van der Waals surface area contributed by atoms with Crippen LogP contribution in [-0.4, -0.2) is 6.61 Å². The van der Waals surface area contributed by atoms with Crippen molar-refractivity contribution >= 4 is 0 Å². The molecule has 1 nitrogen and oxygen atoms in total. The first-order chi connectivity index (χ1) is 14.3. The molecule has 0 amide bonds. The smallest absolute Gasteiger partial charge is 0.119 e. The summed E-state index contributed by atoms with van der Waals surface area (Å²) in [6.07, 6.45) is 18.3. The fourth-order valence-corrected chi connectivity index (χ4v) is 3.80. The molecule has 1 aliphatic rings. The minimum absolute atomic E-state index is 0.583. The Bertz CT molecular complexity index is 697. The zero-order valence-electron chi connectivity index (χ0n) is 18.5. The van der Waals surface area contributed by atoms with Gasteiger partial charge in [-0.2, -0.15) is 0 Å². The van der Waals surface area contributed by atoms with Crippen LogP contribution >= 0.6 is 0 Å². The summed E-state index contributed by atoms with van der Waals surface area (Å²) < 4.78 is 5.67. The lowest BCUT2D eigenvalue weighted by Crippen LogP contribution is -2.13. The molecule has 1 aliphatic carbocycles. The molecule has 1 aromatic rings. The highest BCUT2D eigenvalue weighted by Crippen LogP contribution is 2.31. The molecule has 1 saturated carbocycles. The zero-order valence-corrected chi connectivity index (χ0v) is 18.5. The third kappa shape index (κ3) is 10.3. The summed E-state index contributed by atoms with van der Waals surface area (Å²) in [4.78, 5) is 0. The maximum absolute atomic E-state index is 5.67. The van der Waals surface area contributed by atoms with Crippen LogP contribution in [0.15, 0.2) is 36.4 Å². The van der Waals surface area contributed by atoms with Gasteiger partial charge in [0.25, 0.3) is 0 Å². The predicted molar refractivity (Wildman–Crippen MR) is 125 cm³/mol. The molecule has 0 unspecified atom stereocenters. The van der Waals surface area contributed by atoms with Gasteiger partial charge in [0.2, 0.25) is 0 Å². The van der Waals surface area contributed by atoms with E-state index in [1.54, 1.807) is 0 Å². The van der Waals surface area contributed by atoms with E-state index >= 15 is 0 Å². The van der Waals surface area contributed by atoms with Crippen molar-refractivity contribution in [3.63, 3.8) is 0 Å². The Kier molecular flexibility index (Phi) is 11.8. The average molecular weight is 391 g/mol. The summed E-state index contributed by atoms with van der Waals surface area (Å²) in [6, 6.07) is 8.00. The molecule has 0 bridgehead atoms. The standard InChI is InChI=1S/C28H38O/c1-3-5-7-10-13-25-16-18-26(19-17-25)14-11-8-9-12-15-27-20-22-28(23-21-27)29-24-6-4-2/h8-9,20-23,25-26H,3-7,10,13,16-19,24H2,1-2H3/b9-8+. The highest BCUT2D eigenvalue weighted by molar-refractivity contribution is 5.40. The lowest BCUT2D eigenvalue weighted by Gasteiger charge is -2.25. The zero-order chi connectivity index (χ0) is 20.6. The number of benzene rings is 1. The van der Waals surface area contributed by atoms with Crippen LogP contribution in [0.2, 0.25) is 0 Å². The largest absolute Gasteiger partial charge is 0.494 e. The first-order valence-electron chi connectivity index (χ1n) is 11.7. The van der Waals surface area contributed by atoms with Gasteiger partial charge in [0, 0.05) is 11.5 Å². The molecular formula is C28H38O. The van der Waals surface area contributed by atoms with Crippen molar-refractivity contribution < 1.29 is 4.74 Å². The van der Waals surface area contributed by atoms with Crippen molar-refractivity contribution in [2.75, 3.05) is 6.61 Å². The maximum Gasteiger partial charge on any atom is 0.119 e. The van der Waals surface area contributed by atoms with E-state index in [2.05, 4.69) is 37.5 Å². The van der Waals surface area contributed by atoms with Crippen molar-refractivity contribution in [1.82, 2.24) is 0 Å². The number of hydrogen-bond donors (Lipinski definition) is 0. The second kappa shape index (κ2) is 14.8. The number of rotatable bonds is 9. The second-order valence-electron chi connectivity index (χ2n) is 8.18. The van der Waals surface area contributed by atoms with Crippen molar-refractivity contribution in [2.24, 2.45) is 11.8 Å². The molecule has 1 fully saturated rings. The van der Waals surface area contributed by atoms with Crippen molar-refractivity contribution in [1.29, 1.82) is 0 Å². The van der Waals surface area contributed by atoms with E-state index in [-0.39, 0.29) is 0 Å². The Morgan fingerprint density at radius 1 is 0.862 bits per heavy atom. The van der Waals surface area contributed by atoms with Gasteiger partial charge in [-0.05, 0) is 74.4 Å². The number of hydrogen-bond acceptors (Lipinski definition) is 1. The summed E-state index contributed by atoms with van der Waals surface area (Å²) in [5.41, 5.74) is 1.00. The van der Waals surface area contributed by atoms with Gasteiger partial charge in [-0.3, -0.25) is 0 Å². The van der Waals surface area contributed by atoms with E-state index in [1.807, 2.05) is 36.4 Å². The van der Waals surface area contributed by atoms with Crippen LogP contribution in [0, 0.1) is 35.5 Å². The Labute approximate surface area is 179 Å². The van der Waals surface area contributed by atoms with E-state index in [0.717, 1.165) is 36.7 Å². The van der Waals surface area contributed by atoms with Crippen LogP contribution in [0.3, 0.4) is 0 Å². The van der Waals surface area contributed by atoms with Crippen LogP contribution < -0.4 is 4.74 Å². The molecule has 0 aromatic heterocycles. The van der Waals surface area contributed by atoms with Crippen LogP contribution in [-0.2, 0) is 0 Å². The van der Waals surface area contributed by atoms with E-state index in [0.29, 0.717) is 5.92 Å². The Balaban J connectivity index is 1.66. The Morgan fingerprint density at radius 3 is 2.31 bits per heavy atom. The molecule has 0 spiro atoms. The molecule has 29 heavy (non-hydrogen) atoms. The molecule has 156 valence electrons. The summed E-state index contributed by atoms with van der Waals surface area (Å²) in [5, 5.41) is 0. The lowest BCUT2D eigenvalue weighted by atomic mass is 9.80. The highest BCUT2D eigenvalue weighted by Gasteiger charge is 2.19. The van der Waals surface area contributed by atoms with Crippen molar-refractivity contribution in [3.05, 3.63) is 42.0 Å². The van der Waals surface area contributed by atoms with Gasteiger partial charge < -0.3 is 4.74 Å². The normalized spacial score (nSPS) is 18.6. The summed E-state index contributed by atoms with van der Waals surface area (Å²) >= 11 is 0. The fraction of sp³-hybridized carbons (Fsp3) is 0.571. The number of unbranched alkanes of at least 4 members (excludes halogenated alkanes) is 4. The van der Waals surface area contributed by atoms with Crippen LogP contribution in [0.1, 0.15) is 90.0 Å². The number of allylic oxidation sites excluding steroid dienone is 2. The predicted octanol–water partition coefficient (Wildman–Crippen LogP) is 7.55. The topological polar surface area (TPSA) is 9.23 Å². The van der Waals surface area contributed by atoms with Crippen LogP contribution in [0.25, 0.3) is 0 Å². The summed E-state index contributed by atoms with van der Waals surface area (Å²) in [5.74, 6) is 15.3. The first kappa shape index (κ1) is 23.2. The molecule has 0 saturated heterocycles. The van der Waals surface area contributed by atoms with E-state index in [4.69, 9.17) is 4.74 Å². The monoisotopic (exact) mass is 390 g/mol. The molecule has 1 aromatic carbocycles. The van der Waals surface area contributed by atoms with Crippen LogP contribution in [0.4, 0.5) is 0 Å². The minimum atomic E-state index is 0.583. The number of ether oxygens (including phenoxy) is 1. The molecule has 1 heteroatoms. The summed E-state index contributed by atoms with van der Waals surface area (Å²) in [6.45, 7) is 5.23. The van der Waals surface area contributed by atoms with Gasteiger partial charge in [-0.1, -0.05) is 76.1 Å². The van der Waals surface area contributed by atoms with Crippen molar-refractivity contribution in [2.45, 2.75) is 84.5 Å². The van der Waals surface area contributed by atoms with Gasteiger partial charge in [0.1, 0.15) is 5.75 Å². The SMILES string of the molecule is CCCCCCC1CCC(C#C/C=C/C#Cc2ccc(OCCCC)cc2)CC1. The Hall–Kier alpha value is -2.12. The molecule has 0 N–H and O–H groups in total. The minimum Gasteiger partial charge on any atom is -0.494 e. The molecular weight excluding hydrogens is 352 g/mol. The van der Waals surface area contributed by atoms with Gasteiger partial charge in [0.05, 0.1) is 6.61 Å². The molecule has 0 radical (unpaired) electrons. The highest BCUT2D eigenvalue weighted by atomic mass is 16.5. The van der Waals surface area contributed by atoms with Crippen LogP contribution in [0.5, 0.6) is 5.75 Å². The van der Waals surface area contributed by atoms with E-state index in [9.17, 15) is 0 Å². The lowest BCUT2D eigenvalue weighted by molar-refractivity contribution is 0.294. The second-order valence-corrected chi connectivity index (χ2v) is 8.18. The maximum atomic E-state index is 5.67. The third-order valence-electron chi connectivity index (χ3n) is 5.69. The molecule has 0 heterocycles. The van der Waals surface area contributed by atoms with Gasteiger partial charge in [-0.25, -0.2) is 0 Å². The average Bonchev–Trinajstić information content (AvgIpc) is 2.76. The van der Waals surface area contributed by atoms with Gasteiger partial charge >= 0.3 is 0 Å². The molecule has 0 atom stereocenters. The third-order valence-corrected chi connectivity index (χ3v) is 5.69. The van der Waals surface area contributed by atoms with Gasteiger partial charge in [0.15, 0.2) is 0 Å². The van der Waals surface area contributed by atoms with E-state index < -0.39 is 0 Å². The fourth-order valence-electron chi connectivity index (χ4n) is 3.80. The van der Waals surface area contributed by atoms with Gasteiger partial charge in [-0.15, -0.1) is 0 Å². The molecule has 0 aliphatic heterocycles. The summed E-state index contributed by atoms with van der Waals surface area (Å²) in [7, 11) is 0. The molecule has 2 rings (SSSR count).